The highest BCUT2D eigenvalue weighted by atomic mass is 79.9. The first-order valence-electron chi connectivity index (χ1n) is 6.22. The number of anilines is 1. The van der Waals surface area contributed by atoms with Gasteiger partial charge in [0.2, 0.25) is 5.95 Å². The number of rotatable bonds is 6. The molecular formula is C13H13BrN4O3. The van der Waals surface area contributed by atoms with Crippen molar-refractivity contribution in [3.63, 3.8) is 0 Å². The summed E-state index contributed by atoms with van der Waals surface area (Å²) in [6.45, 7) is 2.69. The molecule has 0 bridgehead atoms. The molecule has 1 aromatic heterocycles. The highest BCUT2D eigenvalue weighted by Crippen LogP contribution is 2.25. The van der Waals surface area contributed by atoms with Gasteiger partial charge in [0.1, 0.15) is 12.8 Å². The summed E-state index contributed by atoms with van der Waals surface area (Å²) in [7, 11) is 0. The second-order valence-corrected chi connectivity index (χ2v) is 5.00. The zero-order valence-electron chi connectivity index (χ0n) is 11.2. The number of hydrogen-bond donors (Lipinski definition) is 1. The summed E-state index contributed by atoms with van der Waals surface area (Å²) in [4.78, 5) is 18.3. The molecule has 21 heavy (non-hydrogen) atoms. The quantitative estimate of drug-likeness (QED) is 0.634. The van der Waals surface area contributed by atoms with Gasteiger partial charge in [-0.1, -0.05) is 28.1 Å². The Hall–Kier alpha value is -2.22. The molecule has 2 rings (SSSR count). The third-order valence-electron chi connectivity index (χ3n) is 2.56. The number of nitrogens with one attached hydrogen (secondary N) is 1. The molecule has 0 aliphatic rings. The molecule has 0 saturated heterocycles. The lowest BCUT2D eigenvalue weighted by atomic mass is 10.2. The summed E-state index contributed by atoms with van der Waals surface area (Å²) in [5, 5.41) is 13.9. The Morgan fingerprint density at radius 1 is 1.38 bits per heavy atom. The van der Waals surface area contributed by atoms with Crippen molar-refractivity contribution in [2.45, 2.75) is 13.5 Å². The van der Waals surface area contributed by atoms with Crippen LogP contribution >= 0.6 is 15.9 Å². The van der Waals surface area contributed by atoms with Gasteiger partial charge in [-0.05, 0) is 24.6 Å². The minimum absolute atomic E-state index is 0.0473. The van der Waals surface area contributed by atoms with E-state index in [1.165, 1.54) is 0 Å². The average Bonchev–Trinajstić information content (AvgIpc) is 2.47. The average molecular weight is 353 g/mol. The van der Waals surface area contributed by atoms with E-state index in [2.05, 4.69) is 31.2 Å². The molecule has 0 radical (unpaired) electrons. The summed E-state index contributed by atoms with van der Waals surface area (Å²) in [6.07, 6.45) is 1.14. The summed E-state index contributed by atoms with van der Waals surface area (Å²) >= 11 is 3.34. The van der Waals surface area contributed by atoms with E-state index in [0.717, 1.165) is 16.2 Å². The Bertz CT molecular complexity index is 634. The second kappa shape index (κ2) is 6.98. The Kier molecular flexibility index (Phi) is 5.04. The lowest BCUT2D eigenvalue weighted by molar-refractivity contribution is -0.386. The van der Waals surface area contributed by atoms with Crippen molar-refractivity contribution < 1.29 is 9.66 Å². The fourth-order valence-electron chi connectivity index (χ4n) is 1.57. The van der Waals surface area contributed by atoms with Gasteiger partial charge >= 0.3 is 5.69 Å². The van der Waals surface area contributed by atoms with E-state index < -0.39 is 4.92 Å². The van der Waals surface area contributed by atoms with Crippen LogP contribution in [-0.2, 0) is 6.61 Å². The molecule has 0 saturated carbocycles. The Morgan fingerprint density at radius 3 is 2.71 bits per heavy atom. The van der Waals surface area contributed by atoms with Gasteiger partial charge < -0.3 is 10.1 Å². The SMILES string of the molecule is CCNc1ncc([N+](=O)[O-])c(OCc2ccc(Br)cc2)n1. The number of benzene rings is 1. The molecule has 8 heteroatoms. The van der Waals surface area contributed by atoms with Gasteiger partial charge in [0, 0.05) is 11.0 Å². The monoisotopic (exact) mass is 352 g/mol. The van der Waals surface area contributed by atoms with Crippen LogP contribution in [0.2, 0.25) is 0 Å². The molecule has 2 aromatic rings. The van der Waals surface area contributed by atoms with E-state index in [0.29, 0.717) is 12.5 Å². The Balaban J connectivity index is 2.18. The number of halogens is 1. The molecular weight excluding hydrogens is 340 g/mol. The van der Waals surface area contributed by atoms with Crippen LogP contribution in [0.4, 0.5) is 11.6 Å². The summed E-state index contributed by atoms with van der Waals surface area (Å²) in [5.41, 5.74) is 0.630. The maximum Gasteiger partial charge on any atom is 0.349 e. The van der Waals surface area contributed by atoms with E-state index in [1.54, 1.807) is 0 Å². The van der Waals surface area contributed by atoms with E-state index in [4.69, 9.17) is 4.74 Å². The van der Waals surface area contributed by atoms with Crippen LogP contribution in [0.15, 0.2) is 34.9 Å². The normalized spacial score (nSPS) is 10.2. The van der Waals surface area contributed by atoms with Crippen molar-refractivity contribution in [2.24, 2.45) is 0 Å². The van der Waals surface area contributed by atoms with Crippen LogP contribution < -0.4 is 10.1 Å². The van der Waals surface area contributed by atoms with Crippen LogP contribution in [0.3, 0.4) is 0 Å². The lowest BCUT2D eigenvalue weighted by Crippen LogP contribution is -2.06. The van der Waals surface area contributed by atoms with Gasteiger partial charge in [-0.15, -0.1) is 0 Å². The largest absolute Gasteiger partial charge is 0.468 e. The minimum atomic E-state index is -0.563. The number of ether oxygens (including phenoxy) is 1. The van der Waals surface area contributed by atoms with E-state index in [9.17, 15) is 10.1 Å². The molecule has 0 aliphatic carbocycles. The minimum Gasteiger partial charge on any atom is -0.468 e. The predicted octanol–water partition coefficient (Wildman–Crippen LogP) is 3.16. The first-order chi connectivity index (χ1) is 10.1. The molecule has 0 unspecified atom stereocenters. The molecule has 110 valence electrons. The van der Waals surface area contributed by atoms with E-state index in [-0.39, 0.29) is 18.2 Å². The van der Waals surface area contributed by atoms with Crippen molar-refractivity contribution in [1.82, 2.24) is 9.97 Å². The van der Waals surface area contributed by atoms with E-state index in [1.807, 2.05) is 31.2 Å². The molecule has 7 nitrogen and oxygen atoms in total. The van der Waals surface area contributed by atoms with Crippen molar-refractivity contribution in [3.8, 4) is 5.88 Å². The van der Waals surface area contributed by atoms with Gasteiger partial charge in [-0.25, -0.2) is 4.98 Å². The van der Waals surface area contributed by atoms with Crippen LogP contribution in [0, 0.1) is 10.1 Å². The first-order valence-corrected chi connectivity index (χ1v) is 7.02. The zero-order valence-corrected chi connectivity index (χ0v) is 12.8. The van der Waals surface area contributed by atoms with Crippen molar-refractivity contribution >= 4 is 27.6 Å². The molecule has 1 heterocycles. The molecule has 0 spiro atoms. The molecule has 0 fully saturated rings. The summed E-state index contributed by atoms with van der Waals surface area (Å²) in [5.74, 6) is 0.253. The van der Waals surface area contributed by atoms with Gasteiger partial charge in [0.25, 0.3) is 5.88 Å². The van der Waals surface area contributed by atoms with Crippen LogP contribution in [0.5, 0.6) is 5.88 Å². The predicted molar refractivity (Wildman–Crippen MR) is 81.3 cm³/mol. The summed E-state index contributed by atoms with van der Waals surface area (Å²) in [6, 6.07) is 7.47. The Morgan fingerprint density at radius 2 is 2.10 bits per heavy atom. The zero-order chi connectivity index (χ0) is 15.2. The van der Waals surface area contributed by atoms with Crippen molar-refractivity contribution in [2.75, 3.05) is 11.9 Å². The maximum atomic E-state index is 11.0. The third kappa shape index (κ3) is 4.12. The van der Waals surface area contributed by atoms with E-state index >= 15 is 0 Å². The number of aromatic nitrogens is 2. The first kappa shape index (κ1) is 15.2. The maximum absolute atomic E-state index is 11.0. The molecule has 0 aliphatic heterocycles. The topological polar surface area (TPSA) is 90.2 Å². The fourth-order valence-corrected chi connectivity index (χ4v) is 1.83. The molecule has 0 amide bonds. The van der Waals surface area contributed by atoms with Crippen LogP contribution in [-0.4, -0.2) is 21.4 Å². The van der Waals surface area contributed by atoms with Crippen LogP contribution in [0.1, 0.15) is 12.5 Å². The lowest BCUT2D eigenvalue weighted by Gasteiger charge is -2.07. The number of hydrogen-bond acceptors (Lipinski definition) is 6. The highest BCUT2D eigenvalue weighted by Gasteiger charge is 2.18. The van der Waals surface area contributed by atoms with Crippen molar-refractivity contribution in [1.29, 1.82) is 0 Å². The smallest absolute Gasteiger partial charge is 0.349 e. The fraction of sp³-hybridized carbons (Fsp3) is 0.231. The Labute approximate surface area is 129 Å². The molecule has 1 N–H and O–H groups in total. The third-order valence-corrected chi connectivity index (χ3v) is 3.08. The van der Waals surface area contributed by atoms with Crippen LogP contribution in [0.25, 0.3) is 0 Å². The molecule has 0 atom stereocenters. The van der Waals surface area contributed by atoms with Crippen molar-refractivity contribution in [3.05, 3.63) is 50.6 Å². The van der Waals surface area contributed by atoms with Gasteiger partial charge in [0.15, 0.2) is 0 Å². The molecule has 1 aromatic carbocycles. The van der Waals surface area contributed by atoms with Gasteiger partial charge in [-0.2, -0.15) is 4.98 Å². The van der Waals surface area contributed by atoms with Gasteiger partial charge in [-0.3, -0.25) is 10.1 Å². The summed E-state index contributed by atoms with van der Waals surface area (Å²) < 4.78 is 6.42. The second-order valence-electron chi connectivity index (χ2n) is 4.09. The highest BCUT2D eigenvalue weighted by molar-refractivity contribution is 9.10. The number of nitro groups is 1. The number of nitrogens with zero attached hydrogens (tertiary/aromatic N) is 3. The standard InChI is InChI=1S/C13H13BrN4O3/c1-2-15-13-16-7-11(18(19)20)12(17-13)21-8-9-3-5-10(14)6-4-9/h3-7H,2,8H2,1H3,(H,15,16,17). The van der Waals surface area contributed by atoms with Gasteiger partial charge in [0.05, 0.1) is 4.92 Å².